The van der Waals surface area contributed by atoms with Crippen LogP contribution in [0.3, 0.4) is 0 Å². The van der Waals surface area contributed by atoms with Gasteiger partial charge in [0.15, 0.2) is 0 Å². The first-order valence-corrected chi connectivity index (χ1v) is 14.2. The van der Waals surface area contributed by atoms with E-state index in [4.69, 9.17) is 4.43 Å². The van der Waals surface area contributed by atoms with Crippen molar-refractivity contribution in [2.75, 3.05) is 0 Å². The van der Waals surface area contributed by atoms with Gasteiger partial charge in [-0.05, 0) is 91.2 Å². The number of aldehydes is 1. The van der Waals surface area contributed by atoms with Crippen molar-refractivity contribution < 1.29 is 14.0 Å². The van der Waals surface area contributed by atoms with E-state index in [1.54, 1.807) is 0 Å². The van der Waals surface area contributed by atoms with Gasteiger partial charge in [0.1, 0.15) is 17.8 Å². The van der Waals surface area contributed by atoms with E-state index in [-0.39, 0.29) is 22.2 Å². The first-order chi connectivity index (χ1) is 13.5. The molecular weight excluding hydrogens is 376 g/mol. The Kier molecular flexibility index (Phi) is 4.88. The second-order valence-electron chi connectivity index (χ2n) is 11.4. The maximum Gasteiger partial charge on any atom is 0.250 e. The van der Waals surface area contributed by atoms with Crippen LogP contribution in [0.25, 0.3) is 0 Å². The standard InChI is InChI=1S/C25H36O3Si/c1-24(2,3)29(5,6)28-18-8-10-19-16(13-18)7-9-21-20(19)11-12-25(4)22(21)14-17(15-26)23(25)27/h8,10,13,15,17,20-22H,7,9,11-12,14H2,1-6H3/t17?,20-,21-,22+,25+/m1/s1. The molecule has 0 aromatic heterocycles. The molecule has 1 unspecified atom stereocenters. The minimum absolute atomic E-state index is 0.186. The van der Waals surface area contributed by atoms with Crippen LogP contribution in [0.5, 0.6) is 5.75 Å². The highest BCUT2D eigenvalue weighted by Crippen LogP contribution is 2.60. The first-order valence-electron chi connectivity index (χ1n) is 11.3. The Balaban J connectivity index is 1.60. The molecule has 4 heteroatoms. The molecule has 0 spiro atoms. The number of ketones is 1. The average Bonchev–Trinajstić information content (AvgIpc) is 2.91. The monoisotopic (exact) mass is 412 g/mol. The van der Waals surface area contributed by atoms with Crippen molar-refractivity contribution in [2.45, 2.75) is 83.8 Å². The van der Waals surface area contributed by atoms with E-state index in [1.165, 1.54) is 11.1 Å². The molecule has 2 saturated carbocycles. The molecule has 158 valence electrons. The molecule has 3 aliphatic rings. The molecule has 2 fully saturated rings. The van der Waals surface area contributed by atoms with Gasteiger partial charge in [0.05, 0.1) is 5.92 Å². The molecule has 0 radical (unpaired) electrons. The van der Waals surface area contributed by atoms with Crippen molar-refractivity contribution in [3.63, 3.8) is 0 Å². The quantitative estimate of drug-likeness (QED) is 0.351. The lowest BCUT2D eigenvalue weighted by Gasteiger charge is -2.48. The molecular formula is C25H36O3Si. The Morgan fingerprint density at radius 3 is 2.59 bits per heavy atom. The molecule has 5 atom stereocenters. The normalized spacial score (nSPS) is 34.2. The lowest BCUT2D eigenvalue weighted by atomic mass is 9.55. The van der Waals surface area contributed by atoms with Gasteiger partial charge in [0.25, 0.3) is 0 Å². The third-order valence-electron chi connectivity index (χ3n) is 8.84. The third kappa shape index (κ3) is 3.22. The molecule has 0 amide bonds. The number of carbonyl (C=O) groups is 2. The molecule has 1 aromatic rings. The van der Waals surface area contributed by atoms with Gasteiger partial charge >= 0.3 is 0 Å². The Hall–Kier alpha value is -1.42. The number of hydrogen-bond acceptors (Lipinski definition) is 3. The summed E-state index contributed by atoms with van der Waals surface area (Å²) in [6.45, 7) is 13.5. The summed E-state index contributed by atoms with van der Waals surface area (Å²) in [7, 11) is -1.84. The van der Waals surface area contributed by atoms with E-state index in [9.17, 15) is 9.59 Å². The van der Waals surface area contributed by atoms with Crippen LogP contribution >= 0.6 is 0 Å². The Morgan fingerprint density at radius 1 is 1.21 bits per heavy atom. The van der Waals surface area contributed by atoms with Gasteiger partial charge in [-0.3, -0.25) is 4.79 Å². The summed E-state index contributed by atoms with van der Waals surface area (Å²) >= 11 is 0. The zero-order chi connectivity index (χ0) is 21.2. The van der Waals surface area contributed by atoms with Crippen LogP contribution in [-0.4, -0.2) is 20.4 Å². The highest BCUT2D eigenvalue weighted by Gasteiger charge is 2.58. The van der Waals surface area contributed by atoms with Crippen molar-refractivity contribution in [2.24, 2.45) is 23.2 Å². The summed E-state index contributed by atoms with van der Waals surface area (Å²) < 4.78 is 6.55. The van der Waals surface area contributed by atoms with Gasteiger partial charge in [-0.1, -0.05) is 33.8 Å². The van der Waals surface area contributed by atoms with Crippen molar-refractivity contribution in [3.8, 4) is 5.75 Å². The molecule has 1 aromatic carbocycles. The summed E-state index contributed by atoms with van der Waals surface area (Å²) in [5, 5.41) is 0.186. The molecule has 0 heterocycles. The van der Waals surface area contributed by atoms with Gasteiger partial charge in [-0.2, -0.15) is 0 Å². The largest absolute Gasteiger partial charge is 0.543 e. The number of benzene rings is 1. The number of rotatable bonds is 3. The van der Waals surface area contributed by atoms with Gasteiger partial charge < -0.3 is 9.22 Å². The summed E-state index contributed by atoms with van der Waals surface area (Å²) in [4.78, 5) is 24.3. The number of carbonyl (C=O) groups excluding carboxylic acids is 2. The summed E-state index contributed by atoms with van der Waals surface area (Å²) in [6, 6.07) is 6.75. The van der Waals surface area contributed by atoms with Crippen LogP contribution in [0.4, 0.5) is 0 Å². The first kappa shape index (κ1) is 20.8. The summed E-state index contributed by atoms with van der Waals surface area (Å²) in [5.74, 6) is 2.27. The predicted octanol–water partition coefficient (Wildman–Crippen LogP) is 5.92. The van der Waals surface area contributed by atoms with Crippen molar-refractivity contribution in [3.05, 3.63) is 29.3 Å². The lowest BCUT2D eigenvalue weighted by Crippen LogP contribution is -2.44. The Labute approximate surface area is 176 Å². The lowest BCUT2D eigenvalue weighted by molar-refractivity contribution is -0.133. The third-order valence-corrected chi connectivity index (χ3v) is 13.2. The molecule has 0 aliphatic heterocycles. The van der Waals surface area contributed by atoms with Crippen LogP contribution in [0.15, 0.2) is 18.2 Å². The zero-order valence-corrected chi connectivity index (χ0v) is 19.9. The minimum Gasteiger partial charge on any atom is -0.543 e. The van der Waals surface area contributed by atoms with E-state index in [2.05, 4.69) is 59.0 Å². The Morgan fingerprint density at radius 2 is 1.93 bits per heavy atom. The van der Waals surface area contributed by atoms with E-state index in [1.807, 2.05) is 0 Å². The van der Waals surface area contributed by atoms with Crippen LogP contribution in [0, 0.1) is 23.2 Å². The number of aryl methyl sites for hydroxylation is 1. The van der Waals surface area contributed by atoms with Crippen LogP contribution in [0.2, 0.25) is 18.1 Å². The Bertz CT molecular complexity index is 837. The maximum atomic E-state index is 12.8. The molecule has 3 aliphatic carbocycles. The van der Waals surface area contributed by atoms with Crippen LogP contribution < -0.4 is 4.43 Å². The van der Waals surface area contributed by atoms with Crippen molar-refractivity contribution in [1.82, 2.24) is 0 Å². The molecule has 29 heavy (non-hydrogen) atoms. The number of hydrogen-bond donors (Lipinski definition) is 0. The summed E-state index contributed by atoms with van der Waals surface area (Å²) in [5.41, 5.74) is 2.62. The average molecular weight is 413 g/mol. The molecule has 3 nitrogen and oxygen atoms in total. The zero-order valence-electron chi connectivity index (χ0n) is 18.9. The maximum absolute atomic E-state index is 12.8. The van der Waals surface area contributed by atoms with E-state index < -0.39 is 8.32 Å². The smallest absolute Gasteiger partial charge is 0.250 e. The number of fused-ring (bicyclic) bond motifs is 5. The van der Waals surface area contributed by atoms with E-state index in [0.717, 1.165) is 44.1 Å². The van der Waals surface area contributed by atoms with Crippen molar-refractivity contribution >= 4 is 20.4 Å². The molecule has 0 saturated heterocycles. The minimum atomic E-state index is -1.84. The summed E-state index contributed by atoms with van der Waals surface area (Å²) in [6.07, 6.45) is 5.83. The van der Waals surface area contributed by atoms with Crippen LogP contribution in [-0.2, 0) is 16.0 Å². The fourth-order valence-electron chi connectivity index (χ4n) is 6.05. The van der Waals surface area contributed by atoms with Gasteiger partial charge in [-0.15, -0.1) is 0 Å². The molecule has 0 N–H and O–H groups in total. The SMILES string of the molecule is CC(C)(C)[Si](C)(C)Oc1ccc2c(c1)CC[C@@H]1[C@@H]2CC[C@]2(C)C(=O)C(C=O)C[C@@H]12. The highest BCUT2D eigenvalue weighted by atomic mass is 28.4. The van der Waals surface area contributed by atoms with E-state index in [0.29, 0.717) is 17.8 Å². The second-order valence-corrected chi connectivity index (χ2v) is 16.2. The fourth-order valence-corrected chi connectivity index (χ4v) is 7.07. The predicted molar refractivity (Wildman–Crippen MR) is 119 cm³/mol. The topological polar surface area (TPSA) is 43.4 Å². The van der Waals surface area contributed by atoms with Gasteiger partial charge in [0.2, 0.25) is 8.32 Å². The highest BCUT2D eigenvalue weighted by molar-refractivity contribution is 6.74. The second kappa shape index (κ2) is 6.80. The fraction of sp³-hybridized carbons (Fsp3) is 0.680. The van der Waals surface area contributed by atoms with E-state index >= 15 is 0 Å². The van der Waals surface area contributed by atoms with Crippen molar-refractivity contribution in [1.29, 1.82) is 0 Å². The molecule has 0 bridgehead atoms. The number of Topliss-reactive ketones (excluding diaryl/α,β-unsaturated/α-hetero) is 1. The van der Waals surface area contributed by atoms with Crippen LogP contribution in [0.1, 0.15) is 70.4 Å². The molecule has 4 rings (SSSR count). The van der Waals surface area contributed by atoms with Gasteiger partial charge in [0, 0.05) is 5.41 Å². The van der Waals surface area contributed by atoms with Gasteiger partial charge in [-0.25, -0.2) is 0 Å².